The smallest absolute Gasteiger partial charge is 0.260 e. The largest absolute Gasteiger partial charge is 0.480 e. The highest BCUT2D eigenvalue weighted by molar-refractivity contribution is 5.78. The number of likely N-dealkylation sites (tertiary alicyclic amines) is 1. The number of hydrogen-bond donors (Lipinski definition) is 1. The van der Waals surface area contributed by atoms with Crippen LogP contribution in [0, 0.1) is 19.8 Å². The molecule has 1 amide bonds. The van der Waals surface area contributed by atoms with Gasteiger partial charge in [0.25, 0.3) is 5.91 Å². The van der Waals surface area contributed by atoms with Gasteiger partial charge in [-0.2, -0.15) is 5.10 Å². The molecule has 0 saturated carbocycles. The Morgan fingerprint density at radius 2 is 2.24 bits per heavy atom. The van der Waals surface area contributed by atoms with Gasteiger partial charge in [0.2, 0.25) is 0 Å². The predicted molar refractivity (Wildman–Crippen MR) is 81.1 cm³/mol. The molecule has 118 valence electrons. The van der Waals surface area contributed by atoms with Crippen LogP contribution in [-0.4, -0.2) is 46.3 Å². The van der Waals surface area contributed by atoms with Gasteiger partial charge < -0.3 is 15.4 Å². The summed E-state index contributed by atoms with van der Waals surface area (Å²) in [5.74, 6) is 1.14. The molecule has 6 nitrogen and oxygen atoms in total. The fourth-order valence-corrected chi connectivity index (χ4v) is 2.85. The van der Waals surface area contributed by atoms with Crippen LogP contribution in [0.25, 0.3) is 0 Å². The van der Waals surface area contributed by atoms with Crippen molar-refractivity contribution in [3.8, 4) is 5.75 Å². The normalized spacial score (nSPS) is 20.4. The Morgan fingerprint density at radius 1 is 1.52 bits per heavy atom. The van der Waals surface area contributed by atoms with Gasteiger partial charge >= 0.3 is 0 Å². The van der Waals surface area contributed by atoms with Gasteiger partial charge in [0.15, 0.2) is 12.4 Å². The van der Waals surface area contributed by atoms with Gasteiger partial charge in [0.1, 0.15) is 5.69 Å². The van der Waals surface area contributed by atoms with E-state index in [1.165, 1.54) is 0 Å². The lowest BCUT2D eigenvalue weighted by Gasteiger charge is -2.34. The number of ether oxygens (including phenoxy) is 1. The van der Waals surface area contributed by atoms with Crippen molar-refractivity contribution in [1.82, 2.24) is 14.7 Å². The molecule has 0 radical (unpaired) electrons. The molecule has 1 saturated heterocycles. The van der Waals surface area contributed by atoms with E-state index in [0.29, 0.717) is 11.7 Å². The minimum absolute atomic E-state index is 0.0306. The van der Waals surface area contributed by atoms with Gasteiger partial charge in [-0.05, 0) is 39.5 Å². The summed E-state index contributed by atoms with van der Waals surface area (Å²) in [7, 11) is 1.87. The second kappa shape index (κ2) is 6.47. The summed E-state index contributed by atoms with van der Waals surface area (Å²) in [6.45, 7) is 7.45. The maximum atomic E-state index is 12.3. The van der Waals surface area contributed by atoms with E-state index in [1.807, 2.05) is 32.7 Å². The van der Waals surface area contributed by atoms with E-state index in [9.17, 15) is 4.79 Å². The third-order valence-corrected chi connectivity index (χ3v) is 4.34. The van der Waals surface area contributed by atoms with Crippen LogP contribution in [0.2, 0.25) is 0 Å². The molecule has 2 heterocycles. The molecule has 0 aliphatic carbocycles. The van der Waals surface area contributed by atoms with Crippen molar-refractivity contribution in [2.24, 2.45) is 18.7 Å². The van der Waals surface area contributed by atoms with Crippen LogP contribution in [0.3, 0.4) is 0 Å². The second-order valence-electron chi connectivity index (χ2n) is 6.01. The molecule has 0 unspecified atom stereocenters. The molecule has 1 aromatic rings. The van der Waals surface area contributed by atoms with Crippen LogP contribution in [0.1, 0.15) is 31.2 Å². The monoisotopic (exact) mass is 294 g/mol. The molecule has 0 spiro atoms. The van der Waals surface area contributed by atoms with Gasteiger partial charge in [0.05, 0.1) is 5.69 Å². The third kappa shape index (κ3) is 3.56. The molecule has 1 aromatic heterocycles. The zero-order chi connectivity index (χ0) is 15.6. The van der Waals surface area contributed by atoms with Gasteiger partial charge in [0, 0.05) is 26.2 Å². The van der Waals surface area contributed by atoms with Crippen molar-refractivity contribution in [1.29, 1.82) is 0 Å². The summed E-state index contributed by atoms with van der Waals surface area (Å²) in [4.78, 5) is 14.2. The number of nitrogens with two attached hydrogens (primary N) is 1. The number of aromatic nitrogens is 2. The SMILES string of the molecule is Cc1nn(C)c(C)c1OCC(=O)N1CCC[C@H]([C@H](C)N)C1. The highest BCUT2D eigenvalue weighted by atomic mass is 16.5. The minimum atomic E-state index is 0.0306. The topological polar surface area (TPSA) is 73.4 Å². The molecule has 1 aliphatic heterocycles. The maximum Gasteiger partial charge on any atom is 0.260 e. The first-order valence-electron chi connectivity index (χ1n) is 7.56. The van der Waals surface area contributed by atoms with Crippen molar-refractivity contribution in [2.75, 3.05) is 19.7 Å². The Bertz CT molecular complexity index is 510. The molecule has 2 atom stereocenters. The van der Waals surface area contributed by atoms with Crippen molar-refractivity contribution in [3.05, 3.63) is 11.4 Å². The molecule has 2 N–H and O–H groups in total. The van der Waals surface area contributed by atoms with Crippen molar-refractivity contribution < 1.29 is 9.53 Å². The molecular formula is C15H26N4O2. The van der Waals surface area contributed by atoms with Crippen LogP contribution in [0.5, 0.6) is 5.75 Å². The first kappa shape index (κ1) is 15.8. The first-order chi connectivity index (χ1) is 9.90. The van der Waals surface area contributed by atoms with Crippen LogP contribution in [-0.2, 0) is 11.8 Å². The summed E-state index contributed by atoms with van der Waals surface area (Å²) in [5.41, 5.74) is 7.71. The standard InChI is InChI=1S/C15H26N4O2/c1-10(16)13-6-5-7-19(8-13)14(20)9-21-15-11(2)17-18(4)12(15)3/h10,13H,5-9,16H2,1-4H3/t10-,13-/m0/s1. The van der Waals surface area contributed by atoms with Crippen molar-refractivity contribution in [2.45, 2.75) is 39.7 Å². The first-order valence-corrected chi connectivity index (χ1v) is 7.56. The maximum absolute atomic E-state index is 12.3. The number of rotatable bonds is 4. The molecule has 0 bridgehead atoms. The number of hydrogen-bond acceptors (Lipinski definition) is 4. The Balaban J connectivity index is 1.92. The van der Waals surface area contributed by atoms with E-state index in [0.717, 1.165) is 37.3 Å². The van der Waals surface area contributed by atoms with Crippen LogP contribution in [0.4, 0.5) is 0 Å². The number of carbonyl (C=O) groups is 1. The number of nitrogens with zero attached hydrogens (tertiary/aromatic N) is 3. The third-order valence-electron chi connectivity index (χ3n) is 4.34. The van der Waals surface area contributed by atoms with Gasteiger partial charge in [-0.25, -0.2) is 0 Å². The average molecular weight is 294 g/mol. The summed E-state index contributed by atoms with van der Waals surface area (Å²) in [6, 6.07) is 0.129. The highest BCUT2D eigenvalue weighted by Gasteiger charge is 2.26. The van der Waals surface area contributed by atoms with Crippen LogP contribution < -0.4 is 10.5 Å². The summed E-state index contributed by atoms with van der Waals surface area (Å²) in [6.07, 6.45) is 2.12. The van der Waals surface area contributed by atoms with E-state index in [-0.39, 0.29) is 18.6 Å². The molecule has 2 rings (SSSR count). The fourth-order valence-electron chi connectivity index (χ4n) is 2.85. The summed E-state index contributed by atoms with van der Waals surface area (Å²) in [5, 5.41) is 4.29. The Morgan fingerprint density at radius 3 is 2.81 bits per heavy atom. The van der Waals surface area contributed by atoms with Gasteiger partial charge in [-0.15, -0.1) is 0 Å². The zero-order valence-corrected chi connectivity index (χ0v) is 13.4. The van der Waals surface area contributed by atoms with Gasteiger partial charge in [-0.1, -0.05) is 0 Å². The number of piperidine rings is 1. The minimum Gasteiger partial charge on any atom is -0.480 e. The van der Waals surface area contributed by atoms with E-state index >= 15 is 0 Å². The van der Waals surface area contributed by atoms with Crippen molar-refractivity contribution in [3.63, 3.8) is 0 Å². The number of aryl methyl sites for hydroxylation is 2. The van der Waals surface area contributed by atoms with Crippen LogP contribution in [0.15, 0.2) is 0 Å². The summed E-state index contributed by atoms with van der Waals surface area (Å²) < 4.78 is 7.46. The van der Waals surface area contributed by atoms with E-state index in [1.54, 1.807) is 4.68 Å². The predicted octanol–water partition coefficient (Wildman–Crippen LogP) is 1.00. The Labute approximate surface area is 126 Å². The molecular weight excluding hydrogens is 268 g/mol. The fraction of sp³-hybridized carbons (Fsp3) is 0.733. The number of amides is 1. The van der Waals surface area contributed by atoms with E-state index in [4.69, 9.17) is 10.5 Å². The Kier molecular flexibility index (Phi) is 4.88. The molecule has 1 aliphatic rings. The molecule has 21 heavy (non-hydrogen) atoms. The highest BCUT2D eigenvalue weighted by Crippen LogP contribution is 2.22. The van der Waals surface area contributed by atoms with Crippen LogP contribution >= 0.6 is 0 Å². The van der Waals surface area contributed by atoms with Crippen molar-refractivity contribution >= 4 is 5.91 Å². The number of carbonyl (C=O) groups excluding carboxylic acids is 1. The van der Waals surface area contributed by atoms with E-state index in [2.05, 4.69) is 5.10 Å². The lowest BCUT2D eigenvalue weighted by molar-refractivity contribution is -0.135. The molecule has 0 aromatic carbocycles. The quantitative estimate of drug-likeness (QED) is 0.899. The Hall–Kier alpha value is -1.56. The lowest BCUT2D eigenvalue weighted by Crippen LogP contribution is -2.46. The average Bonchev–Trinajstić information content (AvgIpc) is 2.70. The molecule has 6 heteroatoms. The lowest BCUT2D eigenvalue weighted by atomic mass is 9.92. The molecule has 1 fully saturated rings. The van der Waals surface area contributed by atoms with Gasteiger partial charge in [-0.3, -0.25) is 9.48 Å². The second-order valence-corrected chi connectivity index (χ2v) is 6.01. The zero-order valence-electron chi connectivity index (χ0n) is 13.4. The summed E-state index contributed by atoms with van der Waals surface area (Å²) >= 11 is 0. The van der Waals surface area contributed by atoms with E-state index < -0.39 is 0 Å².